The minimum atomic E-state index is -3.86. The van der Waals surface area contributed by atoms with Gasteiger partial charge in [0.15, 0.2) is 0 Å². The summed E-state index contributed by atoms with van der Waals surface area (Å²) in [6.07, 6.45) is 4.64. The summed E-state index contributed by atoms with van der Waals surface area (Å²) in [5.41, 5.74) is -0.584. The molecule has 1 spiro atoms. The SMILES string of the molecule is O=C1CC2(CCCCC2)C(=O)N1CCS(=O)(=O)Oc1ccccc1. The fourth-order valence-corrected chi connectivity index (χ4v) is 4.47. The van der Waals surface area contributed by atoms with Crippen LogP contribution >= 0.6 is 0 Å². The maximum absolute atomic E-state index is 12.6. The molecule has 0 atom stereocenters. The normalized spacial score (nSPS) is 20.6. The highest BCUT2D eigenvalue weighted by Gasteiger charge is 2.51. The average molecular weight is 351 g/mol. The second-order valence-corrected chi connectivity index (χ2v) is 8.22. The van der Waals surface area contributed by atoms with Gasteiger partial charge in [-0.25, -0.2) is 0 Å². The van der Waals surface area contributed by atoms with E-state index in [1.54, 1.807) is 30.3 Å². The zero-order valence-electron chi connectivity index (χ0n) is 13.4. The van der Waals surface area contributed by atoms with E-state index in [1.807, 2.05) is 0 Å². The van der Waals surface area contributed by atoms with Crippen LogP contribution in [0.2, 0.25) is 0 Å². The van der Waals surface area contributed by atoms with Crippen LogP contribution < -0.4 is 4.18 Å². The molecule has 130 valence electrons. The fourth-order valence-electron chi connectivity index (χ4n) is 3.57. The first-order chi connectivity index (χ1) is 11.4. The quantitative estimate of drug-likeness (QED) is 0.599. The molecule has 0 bridgehead atoms. The number of carbonyl (C=O) groups is 2. The summed E-state index contributed by atoms with van der Waals surface area (Å²) in [4.78, 5) is 25.9. The van der Waals surface area contributed by atoms with Crippen LogP contribution in [0.4, 0.5) is 0 Å². The number of imide groups is 1. The van der Waals surface area contributed by atoms with Gasteiger partial charge in [-0.05, 0) is 25.0 Å². The fraction of sp³-hybridized carbons (Fsp3) is 0.529. The Bertz CT molecular complexity index is 723. The van der Waals surface area contributed by atoms with Crippen LogP contribution in [0.1, 0.15) is 38.5 Å². The Hall–Kier alpha value is -1.89. The second-order valence-electron chi connectivity index (χ2n) is 6.53. The molecule has 2 fully saturated rings. The van der Waals surface area contributed by atoms with Gasteiger partial charge in [-0.3, -0.25) is 14.5 Å². The number of likely N-dealkylation sites (tertiary alicyclic amines) is 1. The van der Waals surface area contributed by atoms with Crippen molar-refractivity contribution in [1.82, 2.24) is 4.90 Å². The molecule has 3 rings (SSSR count). The number of carbonyl (C=O) groups excluding carboxylic acids is 2. The summed E-state index contributed by atoms with van der Waals surface area (Å²) in [6.45, 7) is -0.144. The number of hydrogen-bond donors (Lipinski definition) is 0. The average Bonchev–Trinajstić information content (AvgIpc) is 2.77. The van der Waals surface area contributed by atoms with E-state index in [0.29, 0.717) is 0 Å². The number of nitrogens with zero attached hydrogens (tertiary/aromatic N) is 1. The Morgan fingerprint density at radius 1 is 1.04 bits per heavy atom. The van der Waals surface area contributed by atoms with E-state index in [4.69, 9.17) is 4.18 Å². The predicted molar refractivity (Wildman–Crippen MR) is 87.7 cm³/mol. The highest BCUT2D eigenvalue weighted by molar-refractivity contribution is 7.87. The molecule has 0 aromatic heterocycles. The van der Waals surface area contributed by atoms with Crippen molar-refractivity contribution < 1.29 is 22.2 Å². The van der Waals surface area contributed by atoms with Gasteiger partial charge in [-0.1, -0.05) is 37.5 Å². The van der Waals surface area contributed by atoms with E-state index in [2.05, 4.69) is 0 Å². The Labute approximate surface area is 141 Å². The maximum atomic E-state index is 12.6. The van der Waals surface area contributed by atoms with Crippen molar-refractivity contribution in [2.24, 2.45) is 5.41 Å². The van der Waals surface area contributed by atoms with Crippen LogP contribution in [0, 0.1) is 5.41 Å². The number of amides is 2. The van der Waals surface area contributed by atoms with Crippen LogP contribution in [0.15, 0.2) is 30.3 Å². The van der Waals surface area contributed by atoms with Gasteiger partial charge in [0, 0.05) is 13.0 Å². The third-order valence-corrected chi connectivity index (χ3v) is 5.96. The summed E-state index contributed by atoms with van der Waals surface area (Å²) in [6, 6.07) is 8.18. The van der Waals surface area contributed by atoms with E-state index in [9.17, 15) is 18.0 Å². The van der Waals surface area contributed by atoms with Crippen molar-refractivity contribution in [3.63, 3.8) is 0 Å². The van der Waals surface area contributed by atoms with Gasteiger partial charge >= 0.3 is 10.1 Å². The molecule has 0 N–H and O–H groups in total. The highest BCUT2D eigenvalue weighted by atomic mass is 32.2. The Morgan fingerprint density at radius 3 is 2.38 bits per heavy atom. The third-order valence-electron chi connectivity index (χ3n) is 4.83. The molecule has 1 aromatic rings. The van der Waals surface area contributed by atoms with Gasteiger partial charge in [0.1, 0.15) is 11.5 Å². The zero-order valence-corrected chi connectivity index (χ0v) is 14.3. The van der Waals surface area contributed by atoms with Crippen LogP contribution in [-0.2, 0) is 19.7 Å². The zero-order chi connectivity index (χ0) is 17.2. The van der Waals surface area contributed by atoms with Crippen molar-refractivity contribution in [3.8, 4) is 5.75 Å². The molecule has 7 heteroatoms. The summed E-state index contributed by atoms with van der Waals surface area (Å²) < 4.78 is 29.1. The Kier molecular flexibility index (Phi) is 4.62. The van der Waals surface area contributed by atoms with Crippen LogP contribution in [0.25, 0.3) is 0 Å². The molecule has 0 unspecified atom stereocenters. The van der Waals surface area contributed by atoms with Crippen LogP contribution in [0.5, 0.6) is 5.75 Å². The van der Waals surface area contributed by atoms with E-state index in [0.717, 1.165) is 37.0 Å². The minimum Gasteiger partial charge on any atom is -0.382 e. The molecular formula is C17H21NO5S. The number of benzene rings is 1. The largest absolute Gasteiger partial charge is 0.382 e. The van der Waals surface area contributed by atoms with E-state index >= 15 is 0 Å². The monoisotopic (exact) mass is 351 g/mol. The van der Waals surface area contributed by atoms with Gasteiger partial charge in [-0.2, -0.15) is 8.42 Å². The lowest BCUT2D eigenvalue weighted by Crippen LogP contribution is -2.39. The molecule has 1 heterocycles. The Morgan fingerprint density at radius 2 is 1.71 bits per heavy atom. The molecule has 1 saturated heterocycles. The molecule has 1 aliphatic carbocycles. The molecular weight excluding hydrogens is 330 g/mol. The van der Waals surface area contributed by atoms with Crippen molar-refractivity contribution in [2.75, 3.05) is 12.3 Å². The lowest BCUT2D eigenvalue weighted by molar-refractivity contribution is -0.141. The number of rotatable bonds is 5. The third kappa shape index (κ3) is 3.45. The first-order valence-electron chi connectivity index (χ1n) is 8.24. The summed E-state index contributed by atoms with van der Waals surface area (Å²) in [7, 11) is -3.86. The van der Waals surface area contributed by atoms with Crippen LogP contribution in [0.3, 0.4) is 0 Å². The lowest BCUT2D eigenvalue weighted by atomic mass is 9.73. The molecule has 1 aliphatic heterocycles. The number of hydrogen-bond acceptors (Lipinski definition) is 5. The smallest absolute Gasteiger partial charge is 0.310 e. The standard InChI is InChI=1S/C17H21NO5S/c19-15-13-17(9-5-2-6-10-17)16(20)18(15)11-12-24(21,22)23-14-7-3-1-4-8-14/h1,3-4,7-8H,2,5-6,9-13H2. The second kappa shape index (κ2) is 6.55. The highest BCUT2D eigenvalue weighted by Crippen LogP contribution is 2.45. The molecule has 1 aromatic carbocycles. The molecule has 1 saturated carbocycles. The van der Waals surface area contributed by atoms with E-state index < -0.39 is 21.3 Å². The van der Waals surface area contributed by atoms with Gasteiger partial charge in [-0.15, -0.1) is 0 Å². The van der Waals surface area contributed by atoms with Crippen LogP contribution in [-0.4, -0.2) is 37.4 Å². The summed E-state index contributed by atoms with van der Waals surface area (Å²) in [5, 5.41) is 0. The van der Waals surface area contributed by atoms with Gasteiger partial charge < -0.3 is 4.18 Å². The van der Waals surface area contributed by atoms with E-state index in [1.165, 1.54) is 0 Å². The molecule has 24 heavy (non-hydrogen) atoms. The van der Waals surface area contributed by atoms with E-state index in [-0.39, 0.29) is 30.5 Å². The Balaban J connectivity index is 1.63. The lowest BCUT2D eigenvalue weighted by Gasteiger charge is -2.30. The van der Waals surface area contributed by atoms with Gasteiger partial charge in [0.2, 0.25) is 11.8 Å². The molecule has 2 aliphatic rings. The molecule has 2 amide bonds. The summed E-state index contributed by atoms with van der Waals surface area (Å²) in [5.74, 6) is -0.644. The maximum Gasteiger partial charge on any atom is 0.310 e. The topological polar surface area (TPSA) is 80.8 Å². The van der Waals surface area contributed by atoms with Crippen molar-refractivity contribution in [2.45, 2.75) is 38.5 Å². The van der Waals surface area contributed by atoms with Crippen molar-refractivity contribution >= 4 is 21.9 Å². The minimum absolute atomic E-state index is 0.144. The first-order valence-corrected chi connectivity index (χ1v) is 9.82. The molecule has 0 radical (unpaired) electrons. The van der Waals surface area contributed by atoms with Gasteiger partial charge in [0.05, 0.1) is 5.41 Å². The first kappa shape index (κ1) is 17.0. The predicted octanol–water partition coefficient (Wildman–Crippen LogP) is 2.10. The number of para-hydroxylation sites is 1. The summed E-state index contributed by atoms with van der Waals surface area (Å²) >= 11 is 0. The molecule has 6 nitrogen and oxygen atoms in total. The van der Waals surface area contributed by atoms with Crippen molar-refractivity contribution in [1.29, 1.82) is 0 Å². The van der Waals surface area contributed by atoms with Gasteiger partial charge in [0.25, 0.3) is 0 Å². The van der Waals surface area contributed by atoms with Crippen molar-refractivity contribution in [3.05, 3.63) is 30.3 Å².